The Morgan fingerprint density at radius 1 is 1.48 bits per heavy atom. The smallest absolute Gasteiger partial charge is 0.293 e. The van der Waals surface area contributed by atoms with Gasteiger partial charge in [0, 0.05) is 30.4 Å². The number of aliphatic hydroxyl groups is 1. The lowest BCUT2D eigenvalue weighted by atomic mass is 9.48. The van der Waals surface area contributed by atoms with Crippen LogP contribution in [0.15, 0.2) is 12.3 Å². The second-order valence-corrected chi connectivity index (χ2v) is 7.66. The van der Waals surface area contributed by atoms with Crippen LogP contribution in [0, 0.1) is 23.7 Å². The van der Waals surface area contributed by atoms with Crippen LogP contribution in [0.25, 0.3) is 5.78 Å². The third kappa shape index (κ3) is 1.92. The van der Waals surface area contributed by atoms with Gasteiger partial charge in [-0.05, 0) is 30.7 Å². The van der Waals surface area contributed by atoms with Gasteiger partial charge < -0.3 is 10.0 Å². The number of nitrogens with zero attached hydrogens (tertiary/aromatic N) is 5. The fourth-order valence-corrected chi connectivity index (χ4v) is 4.63. The third-order valence-corrected chi connectivity index (χ3v) is 5.62. The van der Waals surface area contributed by atoms with Crippen molar-refractivity contribution < 1.29 is 9.90 Å². The van der Waals surface area contributed by atoms with Gasteiger partial charge in [0.25, 0.3) is 11.7 Å². The van der Waals surface area contributed by atoms with Crippen LogP contribution in [-0.2, 0) is 0 Å². The van der Waals surface area contributed by atoms with Crippen molar-refractivity contribution in [3.05, 3.63) is 23.8 Å². The molecule has 1 amide bonds. The van der Waals surface area contributed by atoms with E-state index in [1.165, 1.54) is 0 Å². The summed E-state index contributed by atoms with van der Waals surface area (Å²) in [6.07, 6.45) is 2.61. The van der Waals surface area contributed by atoms with Gasteiger partial charge >= 0.3 is 0 Å². The van der Waals surface area contributed by atoms with Gasteiger partial charge in [-0.15, -0.1) is 5.10 Å². The minimum atomic E-state index is -0.173. The molecular formula is C16H21N5O2. The fraction of sp³-hybridized carbons (Fsp3) is 0.625. The van der Waals surface area contributed by atoms with E-state index in [4.69, 9.17) is 0 Å². The number of likely N-dealkylation sites (tertiary alicyclic amines) is 1. The van der Waals surface area contributed by atoms with Crippen molar-refractivity contribution in [1.29, 1.82) is 0 Å². The highest BCUT2D eigenvalue weighted by Crippen LogP contribution is 2.62. The quantitative estimate of drug-likeness (QED) is 0.890. The lowest BCUT2D eigenvalue weighted by Crippen LogP contribution is -2.54. The van der Waals surface area contributed by atoms with Crippen molar-refractivity contribution in [2.45, 2.75) is 27.2 Å². The second kappa shape index (κ2) is 4.50. The maximum absolute atomic E-state index is 12.8. The van der Waals surface area contributed by atoms with Crippen LogP contribution >= 0.6 is 0 Å². The molecular weight excluding hydrogens is 294 g/mol. The van der Waals surface area contributed by atoms with Crippen molar-refractivity contribution in [1.82, 2.24) is 24.5 Å². The van der Waals surface area contributed by atoms with Gasteiger partial charge in [-0.25, -0.2) is 9.50 Å². The first-order valence-electron chi connectivity index (χ1n) is 7.95. The molecule has 2 aromatic heterocycles. The van der Waals surface area contributed by atoms with E-state index in [0.29, 0.717) is 24.8 Å². The molecule has 7 nitrogen and oxygen atoms in total. The van der Waals surface area contributed by atoms with E-state index < -0.39 is 0 Å². The summed E-state index contributed by atoms with van der Waals surface area (Å²) in [6, 6.07) is 1.83. The maximum Gasteiger partial charge on any atom is 0.293 e. The Kier molecular flexibility index (Phi) is 2.85. The number of hydrogen-bond acceptors (Lipinski definition) is 5. The Morgan fingerprint density at radius 3 is 2.87 bits per heavy atom. The maximum atomic E-state index is 12.8. The number of rotatable bonds is 2. The van der Waals surface area contributed by atoms with Gasteiger partial charge in [0.2, 0.25) is 5.82 Å². The molecule has 1 saturated carbocycles. The third-order valence-electron chi connectivity index (χ3n) is 5.62. The molecule has 1 N–H and O–H groups in total. The summed E-state index contributed by atoms with van der Waals surface area (Å²) in [6.45, 7) is 7.68. The molecule has 2 aromatic rings. The molecule has 2 aliphatic rings. The largest absolute Gasteiger partial charge is 0.396 e. The molecule has 1 saturated heterocycles. The fourth-order valence-electron chi connectivity index (χ4n) is 4.63. The molecule has 0 spiro atoms. The molecule has 0 bridgehead atoms. The first kappa shape index (κ1) is 14.6. The number of hydrogen-bond donors (Lipinski definition) is 1. The van der Waals surface area contributed by atoms with Crippen molar-refractivity contribution in [2.24, 2.45) is 16.7 Å². The molecule has 7 heteroatoms. The number of aliphatic hydroxyl groups excluding tert-OH is 1. The lowest BCUT2D eigenvalue weighted by molar-refractivity contribution is -0.0977. The topological polar surface area (TPSA) is 83.6 Å². The van der Waals surface area contributed by atoms with Gasteiger partial charge in [-0.1, -0.05) is 13.8 Å². The number of aromatic nitrogens is 4. The summed E-state index contributed by atoms with van der Waals surface area (Å²) in [7, 11) is 0. The van der Waals surface area contributed by atoms with Crippen LogP contribution < -0.4 is 0 Å². The summed E-state index contributed by atoms with van der Waals surface area (Å²) < 4.78 is 1.59. The van der Waals surface area contributed by atoms with Gasteiger partial charge in [0.1, 0.15) is 0 Å². The Labute approximate surface area is 134 Å². The van der Waals surface area contributed by atoms with Crippen LogP contribution in [0.1, 0.15) is 36.6 Å². The highest BCUT2D eigenvalue weighted by Gasteiger charge is 2.63. The Hall–Kier alpha value is -2.02. The number of fused-ring (bicyclic) bond motifs is 2. The number of aryl methyl sites for hydroxylation is 1. The first-order valence-corrected chi connectivity index (χ1v) is 7.95. The zero-order valence-corrected chi connectivity index (χ0v) is 13.7. The van der Waals surface area contributed by atoms with E-state index in [9.17, 15) is 9.90 Å². The molecule has 122 valence electrons. The van der Waals surface area contributed by atoms with Crippen molar-refractivity contribution in [2.75, 3.05) is 19.7 Å². The molecule has 2 fully saturated rings. The van der Waals surface area contributed by atoms with E-state index in [2.05, 4.69) is 28.9 Å². The molecule has 0 aromatic carbocycles. The van der Waals surface area contributed by atoms with Gasteiger partial charge in [-0.3, -0.25) is 4.79 Å². The second-order valence-electron chi connectivity index (χ2n) is 7.66. The van der Waals surface area contributed by atoms with E-state index >= 15 is 0 Å². The van der Waals surface area contributed by atoms with Gasteiger partial charge in [0.15, 0.2) is 0 Å². The van der Waals surface area contributed by atoms with Crippen LogP contribution in [-0.4, -0.2) is 55.2 Å². The molecule has 23 heavy (non-hydrogen) atoms. The SMILES string of the molecule is Cc1ccnc2nc(C(=O)N3C[C@@H]4C(C)(C)C[C@]4(CO)C3)nn12. The average Bonchev–Trinajstić information content (AvgIpc) is 3.07. The zero-order chi connectivity index (χ0) is 16.4. The van der Waals surface area contributed by atoms with Crippen LogP contribution in [0.2, 0.25) is 0 Å². The van der Waals surface area contributed by atoms with E-state index in [1.807, 2.05) is 13.0 Å². The predicted molar refractivity (Wildman–Crippen MR) is 82.8 cm³/mol. The molecule has 1 aliphatic heterocycles. The monoisotopic (exact) mass is 315 g/mol. The summed E-state index contributed by atoms with van der Waals surface area (Å²) >= 11 is 0. The zero-order valence-electron chi connectivity index (χ0n) is 13.7. The summed E-state index contributed by atoms with van der Waals surface area (Å²) in [5.74, 6) is 0.778. The van der Waals surface area contributed by atoms with Crippen LogP contribution in [0.5, 0.6) is 0 Å². The minimum Gasteiger partial charge on any atom is -0.396 e. The average molecular weight is 315 g/mol. The lowest BCUT2D eigenvalue weighted by Gasteiger charge is -2.55. The molecule has 2 atom stereocenters. The van der Waals surface area contributed by atoms with Crippen LogP contribution in [0.3, 0.4) is 0 Å². The molecule has 0 radical (unpaired) electrons. The summed E-state index contributed by atoms with van der Waals surface area (Å²) in [5, 5.41) is 14.1. The molecule has 3 heterocycles. The van der Waals surface area contributed by atoms with E-state index in [1.54, 1.807) is 15.6 Å². The molecule has 4 rings (SSSR count). The van der Waals surface area contributed by atoms with Crippen molar-refractivity contribution >= 4 is 11.7 Å². The van der Waals surface area contributed by atoms with Crippen molar-refractivity contribution in [3.63, 3.8) is 0 Å². The molecule has 0 unspecified atom stereocenters. The number of amides is 1. The van der Waals surface area contributed by atoms with Crippen molar-refractivity contribution in [3.8, 4) is 0 Å². The van der Waals surface area contributed by atoms with E-state index in [0.717, 1.165) is 12.1 Å². The highest BCUT2D eigenvalue weighted by atomic mass is 16.3. The van der Waals surface area contributed by atoms with Gasteiger partial charge in [-0.2, -0.15) is 4.98 Å². The first-order chi connectivity index (χ1) is 10.9. The molecule has 1 aliphatic carbocycles. The normalized spacial score (nSPS) is 28.7. The predicted octanol–water partition coefficient (Wildman–Crippen LogP) is 0.913. The minimum absolute atomic E-state index is 0.129. The standard InChI is InChI=1S/C16H21N5O2/c1-10-4-5-17-14-18-12(19-21(10)14)13(23)20-6-11-15(2,3)7-16(11,8-20)9-22/h4-5,11,22H,6-9H2,1-3H3/t11-,16-/m1/s1. The Bertz CT molecular complexity index is 799. The highest BCUT2D eigenvalue weighted by molar-refractivity contribution is 5.91. The summed E-state index contributed by atoms with van der Waals surface area (Å²) in [4.78, 5) is 23.0. The summed E-state index contributed by atoms with van der Waals surface area (Å²) in [5.41, 5.74) is 0.908. The van der Waals surface area contributed by atoms with Gasteiger partial charge in [0.05, 0.1) is 6.61 Å². The van der Waals surface area contributed by atoms with E-state index in [-0.39, 0.29) is 29.2 Å². The number of carbonyl (C=O) groups excluding carboxylic acids is 1. The Morgan fingerprint density at radius 2 is 2.26 bits per heavy atom. The Balaban J connectivity index is 1.63. The number of carbonyl (C=O) groups is 1. The van der Waals surface area contributed by atoms with Crippen LogP contribution in [0.4, 0.5) is 0 Å².